The number of rotatable bonds is 3. The Balaban J connectivity index is 1.80. The molecule has 1 heterocycles. The van der Waals surface area contributed by atoms with Crippen molar-refractivity contribution in [2.24, 2.45) is 0 Å². The molecule has 5 heteroatoms. The molecule has 0 bridgehead atoms. The lowest BCUT2D eigenvalue weighted by atomic mass is 10.3. The number of halogens is 2. The molecule has 0 radical (unpaired) electrons. The van der Waals surface area contributed by atoms with Crippen LogP contribution in [0.4, 0.5) is 14.5 Å². The van der Waals surface area contributed by atoms with Crippen molar-refractivity contribution >= 4 is 27.2 Å². The number of nitrogens with zero attached hydrogens (tertiary/aromatic N) is 1. The van der Waals surface area contributed by atoms with Crippen molar-refractivity contribution in [3.8, 4) is 0 Å². The van der Waals surface area contributed by atoms with Crippen molar-refractivity contribution in [3.63, 3.8) is 0 Å². The first kappa shape index (κ1) is 12.0. The van der Waals surface area contributed by atoms with E-state index < -0.39 is 11.6 Å². The molecule has 0 fully saturated rings. The molecule has 3 rings (SSSR count). The van der Waals surface area contributed by atoms with Gasteiger partial charge >= 0.3 is 0 Å². The Morgan fingerprint density at radius 2 is 1.89 bits per heavy atom. The monoisotopic (exact) mass is 276 g/mol. The summed E-state index contributed by atoms with van der Waals surface area (Å²) in [5, 5.41) is 3.70. The largest absolute Gasteiger partial charge is 0.376 e. The molecule has 2 nitrogen and oxygen atoms in total. The van der Waals surface area contributed by atoms with Gasteiger partial charge in [-0.2, -0.15) is 0 Å². The third-order valence-corrected chi connectivity index (χ3v) is 3.76. The summed E-state index contributed by atoms with van der Waals surface area (Å²) in [4.78, 5) is 4.42. The van der Waals surface area contributed by atoms with Gasteiger partial charge < -0.3 is 5.32 Å². The SMILES string of the molecule is Fc1cccc(NCc2nc3ccccc3s2)c1F. The van der Waals surface area contributed by atoms with Gasteiger partial charge in [0.15, 0.2) is 11.6 Å². The van der Waals surface area contributed by atoms with Crippen LogP contribution in [0.2, 0.25) is 0 Å². The summed E-state index contributed by atoms with van der Waals surface area (Å²) in [5.74, 6) is -1.71. The van der Waals surface area contributed by atoms with Gasteiger partial charge in [-0.15, -0.1) is 11.3 Å². The predicted molar refractivity (Wildman–Crippen MR) is 73.3 cm³/mol. The summed E-state index contributed by atoms with van der Waals surface area (Å²) >= 11 is 1.54. The number of fused-ring (bicyclic) bond motifs is 1. The van der Waals surface area contributed by atoms with Crippen molar-refractivity contribution in [3.05, 3.63) is 59.1 Å². The van der Waals surface area contributed by atoms with Crippen molar-refractivity contribution in [2.75, 3.05) is 5.32 Å². The van der Waals surface area contributed by atoms with Gasteiger partial charge in [-0.1, -0.05) is 18.2 Å². The Hall–Kier alpha value is -2.01. The van der Waals surface area contributed by atoms with Crippen LogP contribution in [0.5, 0.6) is 0 Å². The Kier molecular flexibility index (Phi) is 3.13. The summed E-state index contributed by atoms with van der Waals surface area (Å²) in [7, 11) is 0. The summed E-state index contributed by atoms with van der Waals surface area (Å²) in [5.41, 5.74) is 1.07. The third-order valence-electron chi connectivity index (χ3n) is 2.72. The molecule has 0 unspecified atom stereocenters. The van der Waals surface area contributed by atoms with E-state index >= 15 is 0 Å². The predicted octanol–water partition coefficient (Wildman–Crippen LogP) is 4.19. The lowest BCUT2D eigenvalue weighted by molar-refractivity contribution is 0.511. The number of benzene rings is 2. The van der Waals surface area contributed by atoms with Gasteiger partial charge in [0.25, 0.3) is 0 Å². The standard InChI is InChI=1S/C14H10F2N2S/c15-9-4-3-6-11(14(9)16)17-8-13-18-10-5-1-2-7-12(10)19-13/h1-7,17H,8H2. The van der Waals surface area contributed by atoms with Crippen LogP contribution in [-0.4, -0.2) is 4.98 Å². The Labute approximate surface area is 112 Å². The quantitative estimate of drug-likeness (QED) is 0.776. The van der Waals surface area contributed by atoms with Gasteiger partial charge in [-0.05, 0) is 24.3 Å². The fraction of sp³-hybridized carbons (Fsp3) is 0.0714. The first-order chi connectivity index (χ1) is 9.24. The van der Waals surface area contributed by atoms with Gasteiger partial charge in [-0.3, -0.25) is 0 Å². The molecular formula is C14H10F2N2S. The molecule has 96 valence electrons. The zero-order valence-corrected chi connectivity index (χ0v) is 10.7. The molecule has 0 saturated heterocycles. The number of thiazole rings is 1. The van der Waals surface area contributed by atoms with E-state index in [-0.39, 0.29) is 5.69 Å². The lowest BCUT2D eigenvalue weighted by Crippen LogP contribution is -2.02. The molecule has 0 aliphatic heterocycles. The molecule has 2 aromatic carbocycles. The van der Waals surface area contributed by atoms with Gasteiger partial charge in [0, 0.05) is 0 Å². The number of nitrogens with one attached hydrogen (secondary N) is 1. The van der Waals surface area contributed by atoms with Crippen molar-refractivity contribution in [1.29, 1.82) is 0 Å². The second kappa shape index (κ2) is 4.93. The number of aromatic nitrogens is 1. The highest BCUT2D eigenvalue weighted by atomic mass is 32.1. The van der Waals surface area contributed by atoms with Crippen molar-refractivity contribution in [2.45, 2.75) is 6.54 Å². The zero-order valence-electron chi connectivity index (χ0n) is 9.86. The highest BCUT2D eigenvalue weighted by Crippen LogP contribution is 2.23. The van der Waals surface area contributed by atoms with Crippen LogP contribution in [0.25, 0.3) is 10.2 Å². The molecular weight excluding hydrogens is 266 g/mol. The van der Waals surface area contributed by atoms with Crippen LogP contribution in [0, 0.1) is 11.6 Å². The van der Waals surface area contributed by atoms with E-state index in [0.29, 0.717) is 6.54 Å². The van der Waals surface area contributed by atoms with Gasteiger partial charge in [0.05, 0.1) is 22.4 Å². The highest BCUT2D eigenvalue weighted by Gasteiger charge is 2.08. The average Bonchev–Trinajstić information content (AvgIpc) is 2.83. The lowest BCUT2D eigenvalue weighted by Gasteiger charge is -2.05. The Morgan fingerprint density at radius 3 is 2.74 bits per heavy atom. The smallest absolute Gasteiger partial charge is 0.181 e. The molecule has 0 aliphatic rings. The fourth-order valence-electron chi connectivity index (χ4n) is 1.81. The Morgan fingerprint density at radius 1 is 1.05 bits per heavy atom. The molecule has 0 amide bonds. The normalized spacial score (nSPS) is 10.8. The first-order valence-electron chi connectivity index (χ1n) is 5.76. The molecule has 0 spiro atoms. The number of anilines is 1. The summed E-state index contributed by atoms with van der Waals surface area (Å²) in [6, 6.07) is 11.9. The van der Waals surface area contributed by atoms with Crippen molar-refractivity contribution < 1.29 is 8.78 Å². The molecule has 1 aromatic heterocycles. The van der Waals surface area contributed by atoms with Gasteiger partial charge in [-0.25, -0.2) is 13.8 Å². The molecule has 0 atom stereocenters. The maximum Gasteiger partial charge on any atom is 0.181 e. The minimum absolute atomic E-state index is 0.152. The minimum atomic E-state index is -0.858. The highest BCUT2D eigenvalue weighted by molar-refractivity contribution is 7.18. The van der Waals surface area contributed by atoms with E-state index in [2.05, 4.69) is 10.3 Å². The van der Waals surface area contributed by atoms with E-state index in [9.17, 15) is 8.78 Å². The molecule has 0 saturated carbocycles. The second-order valence-corrected chi connectivity index (χ2v) is 5.15. The molecule has 19 heavy (non-hydrogen) atoms. The van der Waals surface area contributed by atoms with Crippen LogP contribution in [-0.2, 0) is 6.54 Å². The average molecular weight is 276 g/mol. The van der Waals surface area contributed by atoms with Gasteiger partial charge in [0.2, 0.25) is 0 Å². The van der Waals surface area contributed by atoms with Gasteiger partial charge in [0.1, 0.15) is 5.01 Å². The summed E-state index contributed by atoms with van der Waals surface area (Å²) in [6.45, 7) is 0.375. The minimum Gasteiger partial charge on any atom is -0.376 e. The summed E-state index contributed by atoms with van der Waals surface area (Å²) in [6.07, 6.45) is 0. The van der Waals surface area contributed by atoms with E-state index in [1.807, 2.05) is 24.3 Å². The number of hydrogen-bond acceptors (Lipinski definition) is 3. The van der Waals surface area contributed by atoms with Crippen LogP contribution in [0.15, 0.2) is 42.5 Å². The summed E-state index contributed by atoms with van der Waals surface area (Å²) < 4.78 is 27.6. The fourth-order valence-corrected chi connectivity index (χ4v) is 2.71. The van der Waals surface area contributed by atoms with E-state index in [1.165, 1.54) is 23.5 Å². The van der Waals surface area contributed by atoms with Crippen LogP contribution in [0.3, 0.4) is 0 Å². The molecule has 3 aromatic rings. The van der Waals surface area contributed by atoms with E-state index in [4.69, 9.17) is 0 Å². The topological polar surface area (TPSA) is 24.9 Å². The number of para-hydroxylation sites is 1. The maximum atomic E-state index is 13.5. The zero-order chi connectivity index (χ0) is 13.2. The molecule has 0 aliphatic carbocycles. The third kappa shape index (κ3) is 2.42. The van der Waals surface area contributed by atoms with Crippen LogP contribution < -0.4 is 5.32 Å². The Bertz CT molecular complexity index is 691. The van der Waals surface area contributed by atoms with Crippen LogP contribution >= 0.6 is 11.3 Å². The maximum absolute atomic E-state index is 13.5. The van der Waals surface area contributed by atoms with E-state index in [0.717, 1.165) is 21.3 Å². The second-order valence-electron chi connectivity index (χ2n) is 4.03. The van der Waals surface area contributed by atoms with E-state index in [1.54, 1.807) is 0 Å². The number of hydrogen-bond donors (Lipinski definition) is 1. The van der Waals surface area contributed by atoms with Crippen molar-refractivity contribution in [1.82, 2.24) is 4.98 Å². The van der Waals surface area contributed by atoms with Crippen LogP contribution in [0.1, 0.15) is 5.01 Å². The first-order valence-corrected chi connectivity index (χ1v) is 6.58. The molecule has 1 N–H and O–H groups in total.